The Morgan fingerprint density at radius 2 is 1.35 bits per heavy atom. The van der Waals surface area contributed by atoms with E-state index in [0.717, 1.165) is 30.4 Å². The summed E-state index contributed by atoms with van der Waals surface area (Å²) in [5.74, 6) is -0.414. The monoisotopic (exact) mass is 1220 g/mol. The molecular formula is C61H94IO9PSSi2. The van der Waals surface area contributed by atoms with E-state index in [0.29, 0.717) is 35.6 Å². The van der Waals surface area contributed by atoms with Crippen LogP contribution in [0.4, 0.5) is 0 Å². The van der Waals surface area contributed by atoms with Gasteiger partial charge < -0.3 is 32.1 Å². The Hall–Kier alpha value is -2.15. The molecule has 4 rings (SSSR count). The zero-order valence-electron chi connectivity index (χ0n) is 48.4. The molecule has 0 unspecified atom stereocenters. The fraction of sp³-hybridized carbons (Fsp3) is 0.590. The van der Waals surface area contributed by atoms with Crippen LogP contribution in [0.15, 0.2) is 129 Å². The second kappa shape index (κ2) is 31.0. The second-order valence-electron chi connectivity index (χ2n) is 22.5. The van der Waals surface area contributed by atoms with Gasteiger partial charge in [0.05, 0.1) is 31.5 Å². The van der Waals surface area contributed by atoms with Gasteiger partial charge >= 0.3 is 13.6 Å². The Kier molecular flexibility index (Phi) is 27.0. The van der Waals surface area contributed by atoms with Crippen LogP contribution in [0.3, 0.4) is 0 Å². The molecule has 1 aliphatic heterocycles. The summed E-state index contributed by atoms with van der Waals surface area (Å²) in [7, 11) is -7.23. The number of methoxy groups -OCH3 is 1. The summed E-state index contributed by atoms with van der Waals surface area (Å²) in [6.45, 7) is 33.7. The lowest BCUT2D eigenvalue weighted by molar-refractivity contribution is -0.152. The predicted octanol–water partition coefficient (Wildman–Crippen LogP) is 16.1. The van der Waals surface area contributed by atoms with Crippen LogP contribution in [0.1, 0.15) is 130 Å². The Bertz CT molecular complexity index is 2220. The number of carbonyl (C=O) groups is 1. The Morgan fingerprint density at radius 3 is 1.83 bits per heavy atom. The molecule has 0 bridgehead atoms. The van der Waals surface area contributed by atoms with Crippen LogP contribution in [-0.2, 0) is 41.5 Å². The zero-order valence-corrected chi connectivity index (χ0v) is 54.3. The highest BCUT2D eigenvalue weighted by atomic mass is 127. The van der Waals surface area contributed by atoms with Crippen molar-refractivity contribution < 1.29 is 41.5 Å². The van der Waals surface area contributed by atoms with E-state index < -0.39 is 48.6 Å². The van der Waals surface area contributed by atoms with Crippen molar-refractivity contribution in [3.63, 3.8) is 0 Å². The first-order chi connectivity index (χ1) is 35.5. The smallest absolute Gasteiger partial charge is 0.341 e. The molecule has 1 heterocycles. The van der Waals surface area contributed by atoms with Crippen molar-refractivity contribution in [3.05, 3.63) is 124 Å². The lowest BCUT2D eigenvalue weighted by Gasteiger charge is -2.45. The molecule has 75 heavy (non-hydrogen) atoms. The number of esters is 1. The minimum atomic E-state index is -3.73. The van der Waals surface area contributed by atoms with Crippen LogP contribution in [0.25, 0.3) is 0 Å². The zero-order chi connectivity index (χ0) is 55.6. The van der Waals surface area contributed by atoms with Crippen LogP contribution in [-0.4, -0.2) is 85.5 Å². The fourth-order valence-corrected chi connectivity index (χ4v) is 24.7. The maximum absolute atomic E-state index is 14.0. The van der Waals surface area contributed by atoms with Gasteiger partial charge in [0.1, 0.15) is 17.7 Å². The molecule has 9 nitrogen and oxygen atoms in total. The molecule has 0 amide bonds. The molecule has 8 atom stereocenters. The maximum atomic E-state index is 14.0. The van der Waals surface area contributed by atoms with Gasteiger partial charge in [-0.3, -0.25) is 9.36 Å². The van der Waals surface area contributed by atoms with Gasteiger partial charge in [-0.25, -0.2) is 0 Å². The Morgan fingerprint density at radius 1 is 0.813 bits per heavy atom. The van der Waals surface area contributed by atoms with Crippen molar-refractivity contribution in [1.82, 2.24) is 0 Å². The van der Waals surface area contributed by atoms with E-state index in [9.17, 15) is 9.36 Å². The molecule has 0 saturated carbocycles. The van der Waals surface area contributed by atoms with Gasteiger partial charge in [0, 0.05) is 36.9 Å². The molecule has 1 fully saturated rings. The third kappa shape index (κ3) is 17.9. The highest BCUT2D eigenvalue weighted by Crippen LogP contribution is 2.49. The molecule has 1 aliphatic rings. The molecule has 0 radical (unpaired) electrons. The number of hydrogen-bond donors (Lipinski definition) is 0. The van der Waals surface area contributed by atoms with Crippen molar-refractivity contribution in [1.29, 1.82) is 0 Å². The van der Waals surface area contributed by atoms with Gasteiger partial charge in [0.25, 0.3) is 8.32 Å². The van der Waals surface area contributed by atoms with E-state index >= 15 is 0 Å². The van der Waals surface area contributed by atoms with Gasteiger partial charge in [-0.05, 0) is 112 Å². The Balaban J connectivity index is 1.71. The van der Waals surface area contributed by atoms with E-state index in [2.05, 4.69) is 215 Å². The normalized spacial score (nSPS) is 19.7. The maximum Gasteiger partial charge on any atom is 0.341 e. The number of allylic oxidation sites excluding steroid dienone is 2. The number of ether oxygens (including phenoxy) is 3. The van der Waals surface area contributed by atoms with Crippen LogP contribution in [0.2, 0.25) is 21.7 Å². The summed E-state index contributed by atoms with van der Waals surface area (Å²) in [5.41, 5.74) is 2.99. The SMILES string of the molecule is CCOP(=O)(CC(=O)O[C@@H](C[C@H](O[Si](C(C)C)(C(C)C)C(C)C)/C(C)=C/C=C[C@@H](C)[C@H]1C[C@@H](CCO[Si](c2ccccc2)(c2ccccc2)C(C)(C)C)C[C@H](Sc2ccccc2)O1)[C@H](C)[C@@H](OC)/C(C)=C/I)OCC. The molecule has 0 aromatic heterocycles. The van der Waals surface area contributed by atoms with Gasteiger partial charge in [0.15, 0.2) is 0 Å². The van der Waals surface area contributed by atoms with Gasteiger partial charge in [-0.2, -0.15) is 0 Å². The fourth-order valence-electron chi connectivity index (χ4n) is 11.6. The molecule has 14 heteroatoms. The van der Waals surface area contributed by atoms with Crippen molar-refractivity contribution >= 4 is 74.9 Å². The highest BCUT2D eigenvalue weighted by Gasteiger charge is 2.51. The first-order valence-electron chi connectivity index (χ1n) is 27.5. The summed E-state index contributed by atoms with van der Waals surface area (Å²) >= 11 is 4.05. The van der Waals surface area contributed by atoms with Crippen LogP contribution in [0, 0.1) is 17.8 Å². The van der Waals surface area contributed by atoms with Gasteiger partial charge in [-0.1, -0.05) is 208 Å². The summed E-state index contributed by atoms with van der Waals surface area (Å²) in [4.78, 5) is 15.2. The number of rotatable bonds is 30. The standard InChI is InChI=1S/C61H94IO9PSSi2/c1-17-66-72(64,67-18-2)43-58(63)69-57(50(12)60(65-16)49(11)42-62)41-56(71-74(44(3)4,45(5)6)46(7)8)48(10)30-28-29-47(9)55-39-51(40-59(70-55)73-52-31-22-19-23-32-52)37-38-68-75(61(13,14)15,53-33-24-20-25-34-53)54-35-26-21-27-36-54/h19-36,42,44-47,50-51,55-57,59-60H,17-18,37-41,43H2,1-16H3/b29-28?,48-30+,49-42+/t47-,50+,51-,55-,56+,57+,59+,60+/m1/s1. The van der Waals surface area contributed by atoms with E-state index in [1.165, 1.54) is 15.3 Å². The lowest BCUT2D eigenvalue weighted by atomic mass is 9.87. The molecule has 1 saturated heterocycles. The topological polar surface area (TPSA) is 98.8 Å². The first kappa shape index (κ1) is 65.4. The van der Waals surface area contributed by atoms with Crippen LogP contribution in [0.5, 0.6) is 0 Å². The number of benzene rings is 3. The molecular weight excluding hydrogens is 1120 g/mol. The lowest BCUT2D eigenvalue weighted by Crippen LogP contribution is -2.66. The van der Waals surface area contributed by atoms with Crippen molar-refractivity contribution in [2.24, 2.45) is 17.8 Å². The number of thioether (sulfide) groups is 1. The van der Waals surface area contributed by atoms with E-state index in [4.69, 9.17) is 32.1 Å². The van der Waals surface area contributed by atoms with Crippen molar-refractivity contribution in [2.45, 2.75) is 186 Å². The average Bonchev–Trinajstić information content (AvgIpc) is 3.36. The summed E-state index contributed by atoms with van der Waals surface area (Å²) in [6.07, 6.45) is 7.93. The minimum absolute atomic E-state index is 0.00433. The molecule has 0 N–H and O–H groups in total. The van der Waals surface area contributed by atoms with E-state index in [1.54, 1.807) is 21.0 Å². The van der Waals surface area contributed by atoms with Crippen LogP contribution < -0.4 is 10.4 Å². The first-order valence-corrected chi connectivity index (χ1v) is 35.4. The Labute approximate surface area is 474 Å². The molecule has 418 valence electrons. The molecule has 0 spiro atoms. The van der Waals surface area contributed by atoms with Gasteiger partial charge in [0.2, 0.25) is 8.32 Å². The summed E-state index contributed by atoms with van der Waals surface area (Å²) in [6, 6.07) is 32.4. The molecule has 3 aromatic rings. The van der Waals surface area contributed by atoms with Crippen LogP contribution >= 0.6 is 41.9 Å². The molecule has 3 aromatic carbocycles. The quantitative estimate of drug-likeness (QED) is 0.0211. The second-order valence-corrected chi connectivity index (χ2v) is 36.1. The van der Waals surface area contributed by atoms with E-state index in [1.807, 2.05) is 22.8 Å². The number of halogens is 1. The number of carbonyl (C=O) groups excluding carboxylic acids is 1. The minimum Gasteiger partial charge on any atom is -0.461 e. The largest absolute Gasteiger partial charge is 0.461 e. The average molecular weight is 1220 g/mol. The summed E-state index contributed by atoms with van der Waals surface area (Å²) < 4.78 is 61.4. The van der Waals surface area contributed by atoms with E-state index in [-0.39, 0.29) is 47.7 Å². The third-order valence-corrected chi connectivity index (χ3v) is 30.4. The van der Waals surface area contributed by atoms with Crippen molar-refractivity contribution in [2.75, 3.05) is 33.1 Å². The number of hydrogen-bond acceptors (Lipinski definition) is 10. The molecule has 0 aliphatic carbocycles. The van der Waals surface area contributed by atoms with Gasteiger partial charge in [-0.15, -0.1) is 0 Å². The van der Waals surface area contributed by atoms with Crippen molar-refractivity contribution in [3.8, 4) is 0 Å². The predicted molar refractivity (Wildman–Crippen MR) is 328 cm³/mol. The third-order valence-electron chi connectivity index (χ3n) is 15.3. The summed E-state index contributed by atoms with van der Waals surface area (Å²) in [5, 5.41) is 2.50. The highest BCUT2D eigenvalue weighted by molar-refractivity contribution is 14.1.